The van der Waals surface area contributed by atoms with E-state index in [1.807, 2.05) is 20.8 Å². The van der Waals surface area contributed by atoms with Gasteiger partial charge in [-0.2, -0.15) is 0 Å². The number of nitrogens with one attached hydrogen (secondary N) is 1. The molecule has 3 rings (SSSR count). The van der Waals surface area contributed by atoms with E-state index in [1.54, 1.807) is 67.6 Å². The van der Waals surface area contributed by atoms with Crippen LogP contribution in [0.2, 0.25) is 10.0 Å². The number of carbonyl (C=O) groups is 2. The van der Waals surface area contributed by atoms with E-state index in [-0.39, 0.29) is 23.4 Å². The maximum absolute atomic E-state index is 14.0. The minimum atomic E-state index is -4.11. The molecule has 0 heterocycles. The molecule has 0 spiro atoms. The highest BCUT2D eigenvalue weighted by Crippen LogP contribution is 2.26. The number of rotatable bonds is 11. The fourth-order valence-electron chi connectivity index (χ4n) is 4.10. The molecule has 7 nitrogen and oxygen atoms in total. The van der Waals surface area contributed by atoms with Crippen LogP contribution in [-0.2, 0) is 26.2 Å². The summed E-state index contributed by atoms with van der Waals surface area (Å²) in [6, 6.07) is 18.9. The summed E-state index contributed by atoms with van der Waals surface area (Å²) in [5, 5.41) is 3.55. The molecule has 1 atom stereocenters. The maximum atomic E-state index is 14.0. The topological polar surface area (TPSA) is 86.8 Å². The van der Waals surface area contributed by atoms with Crippen LogP contribution in [0.3, 0.4) is 0 Å². The van der Waals surface area contributed by atoms with E-state index >= 15 is 0 Å². The molecule has 0 bridgehead atoms. The van der Waals surface area contributed by atoms with Crippen LogP contribution < -0.4 is 9.62 Å². The van der Waals surface area contributed by atoms with Crippen LogP contribution in [0.25, 0.3) is 0 Å². The summed E-state index contributed by atoms with van der Waals surface area (Å²) in [6.45, 7) is 6.86. The fraction of sp³-hybridized carbons (Fsp3) is 0.310. The van der Waals surface area contributed by atoms with E-state index in [4.69, 9.17) is 23.2 Å². The minimum Gasteiger partial charge on any atom is -0.352 e. The lowest BCUT2D eigenvalue weighted by atomic mass is 10.1. The molecule has 39 heavy (non-hydrogen) atoms. The molecule has 10 heteroatoms. The van der Waals surface area contributed by atoms with Gasteiger partial charge in [0.2, 0.25) is 11.8 Å². The van der Waals surface area contributed by atoms with Crippen LogP contribution in [0.5, 0.6) is 0 Å². The van der Waals surface area contributed by atoms with E-state index in [1.165, 1.54) is 17.0 Å². The Kier molecular flexibility index (Phi) is 10.4. The van der Waals surface area contributed by atoms with Gasteiger partial charge in [0.05, 0.1) is 20.6 Å². The van der Waals surface area contributed by atoms with Crippen molar-refractivity contribution in [1.82, 2.24) is 10.2 Å². The SMILES string of the molecule is CC[C@@H](C(=O)NC(C)C)N(Cc1ccc(Cl)c(Cl)c1)C(=O)CN(c1ccccc1)S(=O)(=O)c1ccc(C)cc1. The third-order valence-electron chi connectivity index (χ3n) is 6.09. The Bertz CT molecular complexity index is 1400. The Balaban J connectivity index is 2.05. The second-order valence-corrected chi connectivity index (χ2v) is 12.2. The van der Waals surface area contributed by atoms with Gasteiger partial charge in [0, 0.05) is 12.6 Å². The van der Waals surface area contributed by atoms with E-state index < -0.39 is 28.5 Å². The van der Waals surface area contributed by atoms with Gasteiger partial charge in [-0.1, -0.05) is 72.1 Å². The van der Waals surface area contributed by atoms with Gasteiger partial charge >= 0.3 is 0 Å². The molecule has 0 saturated carbocycles. The second kappa shape index (κ2) is 13.3. The molecular weight excluding hydrogens is 557 g/mol. The van der Waals surface area contributed by atoms with E-state index in [0.29, 0.717) is 27.7 Å². The summed E-state index contributed by atoms with van der Waals surface area (Å²) in [5.41, 5.74) is 1.90. The number of para-hydroxylation sites is 1. The lowest BCUT2D eigenvalue weighted by molar-refractivity contribution is -0.140. The number of halogens is 2. The monoisotopic (exact) mass is 589 g/mol. The van der Waals surface area contributed by atoms with Gasteiger partial charge in [-0.3, -0.25) is 13.9 Å². The molecule has 0 radical (unpaired) electrons. The number of anilines is 1. The largest absolute Gasteiger partial charge is 0.352 e. The summed E-state index contributed by atoms with van der Waals surface area (Å²) in [5.74, 6) is -0.861. The predicted octanol–water partition coefficient (Wildman–Crippen LogP) is 5.83. The zero-order valence-corrected chi connectivity index (χ0v) is 24.7. The van der Waals surface area contributed by atoms with Crippen molar-refractivity contribution in [3.63, 3.8) is 0 Å². The van der Waals surface area contributed by atoms with Crippen molar-refractivity contribution in [2.45, 2.75) is 57.6 Å². The number of benzene rings is 3. The number of sulfonamides is 1. The van der Waals surface area contributed by atoms with Crippen LogP contribution in [0, 0.1) is 6.92 Å². The number of aryl methyl sites for hydroxylation is 1. The quantitative estimate of drug-likeness (QED) is 0.305. The fourth-order valence-corrected chi connectivity index (χ4v) is 5.83. The first-order valence-electron chi connectivity index (χ1n) is 12.6. The van der Waals surface area contributed by atoms with Gasteiger partial charge in [-0.05, 0) is 69.2 Å². The molecule has 0 fully saturated rings. The molecule has 0 aliphatic heterocycles. The van der Waals surface area contributed by atoms with Crippen molar-refractivity contribution in [3.05, 3.63) is 94.0 Å². The Morgan fingerprint density at radius 2 is 1.56 bits per heavy atom. The maximum Gasteiger partial charge on any atom is 0.264 e. The molecule has 0 unspecified atom stereocenters. The third kappa shape index (κ3) is 7.75. The molecule has 3 aromatic rings. The molecular formula is C29H33Cl2N3O4S. The van der Waals surface area contributed by atoms with Crippen LogP contribution in [0.15, 0.2) is 77.7 Å². The zero-order chi connectivity index (χ0) is 28.7. The summed E-state index contributed by atoms with van der Waals surface area (Å²) in [7, 11) is -4.11. The predicted molar refractivity (Wildman–Crippen MR) is 157 cm³/mol. The van der Waals surface area contributed by atoms with E-state index in [2.05, 4.69) is 5.32 Å². The van der Waals surface area contributed by atoms with Crippen molar-refractivity contribution in [3.8, 4) is 0 Å². The molecule has 1 N–H and O–H groups in total. The van der Waals surface area contributed by atoms with Crippen molar-refractivity contribution >= 4 is 50.7 Å². The van der Waals surface area contributed by atoms with Crippen LogP contribution >= 0.6 is 23.2 Å². The zero-order valence-electron chi connectivity index (χ0n) is 22.4. The van der Waals surface area contributed by atoms with Crippen molar-refractivity contribution in [1.29, 1.82) is 0 Å². The number of hydrogen-bond donors (Lipinski definition) is 1. The summed E-state index contributed by atoms with van der Waals surface area (Å²) >= 11 is 12.3. The average Bonchev–Trinajstić information content (AvgIpc) is 2.89. The molecule has 208 valence electrons. The van der Waals surface area contributed by atoms with Crippen molar-refractivity contribution in [2.75, 3.05) is 10.8 Å². The van der Waals surface area contributed by atoms with Gasteiger partial charge in [0.15, 0.2) is 0 Å². The highest BCUT2D eigenvalue weighted by Gasteiger charge is 2.33. The lowest BCUT2D eigenvalue weighted by Gasteiger charge is -2.33. The first kappa shape index (κ1) is 30.5. The molecule has 2 amide bonds. The number of carbonyl (C=O) groups excluding carboxylic acids is 2. The average molecular weight is 591 g/mol. The van der Waals surface area contributed by atoms with Gasteiger partial charge in [-0.25, -0.2) is 8.42 Å². The molecule has 0 saturated heterocycles. The van der Waals surface area contributed by atoms with Crippen molar-refractivity contribution < 1.29 is 18.0 Å². The van der Waals surface area contributed by atoms with Gasteiger partial charge in [0.1, 0.15) is 12.6 Å². The second-order valence-electron chi connectivity index (χ2n) is 9.52. The standard InChI is InChI=1S/C29H33Cl2N3O4S/c1-5-27(29(36)32-20(2)3)33(18-22-13-16-25(30)26(31)17-22)28(35)19-34(23-9-7-6-8-10-23)39(37,38)24-14-11-21(4)12-15-24/h6-17,20,27H,5,18-19H2,1-4H3,(H,32,36)/t27-/m0/s1. The number of amides is 2. The Labute approximate surface area is 240 Å². The van der Waals surface area contributed by atoms with Gasteiger partial charge in [-0.15, -0.1) is 0 Å². The van der Waals surface area contributed by atoms with E-state index in [9.17, 15) is 18.0 Å². The molecule has 0 aliphatic carbocycles. The minimum absolute atomic E-state index is 0.0347. The van der Waals surface area contributed by atoms with Gasteiger partial charge < -0.3 is 10.2 Å². The molecule has 3 aromatic carbocycles. The van der Waals surface area contributed by atoms with Crippen LogP contribution in [-0.4, -0.2) is 43.8 Å². The molecule has 0 aromatic heterocycles. The summed E-state index contributed by atoms with van der Waals surface area (Å²) < 4.78 is 28.7. The third-order valence-corrected chi connectivity index (χ3v) is 8.61. The Hall–Kier alpha value is -3.07. The first-order valence-corrected chi connectivity index (χ1v) is 14.8. The van der Waals surface area contributed by atoms with Gasteiger partial charge in [0.25, 0.3) is 10.0 Å². The van der Waals surface area contributed by atoms with Crippen LogP contribution in [0.4, 0.5) is 5.69 Å². The smallest absolute Gasteiger partial charge is 0.264 e. The Morgan fingerprint density at radius 3 is 2.13 bits per heavy atom. The van der Waals surface area contributed by atoms with E-state index in [0.717, 1.165) is 9.87 Å². The van der Waals surface area contributed by atoms with Crippen molar-refractivity contribution in [2.24, 2.45) is 0 Å². The first-order chi connectivity index (χ1) is 18.4. The summed E-state index contributed by atoms with van der Waals surface area (Å²) in [6.07, 6.45) is 0.321. The number of nitrogens with zero attached hydrogens (tertiary/aromatic N) is 2. The molecule has 0 aliphatic rings. The number of hydrogen-bond acceptors (Lipinski definition) is 4. The Morgan fingerprint density at radius 1 is 0.923 bits per heavy atom. The lowest BCUT2D eigenvalue weighted by Crippen LogP contribution is -2.53. The summed E-state index contributed by atoms with van der Waals surface area (Å²) in [4.78, 5) is 28.6. The normalized spacial score (nSPS) is 12.2. The van der Waals surface area contributed by atoms with Crippen LogP contribution in [0.1, 0.15) is 38.3 Å². The highest BCUT2D eigenvalue weighted by atomic mass is 35.5. The highest BCUT2D eigenvalue weighted by molar-refractivity contribution is 7.92.